The van der Waals surface area contributed by atoms with Crippen molar-refractivity contribution in [1.82, 2.24) is 4.98 Å². The lowest BCUT2D eigenvalue weighted by atomic mass is 10.3. The summed E-state index contributed by atoms with van der Waals surface area (Å²) in [5.74, 6) is 0. The lowest BCUT2D eigenvalue weighted by Crippen LogP contribution is -2.08. The van der Waals surface area contributed by atoms with Gasteiger partial charge in [0.1, 0.15) is 0 Å². The Kier molecular flexibility index (Phi) is 2.50. The van der Waals surface area contributed by atoms with E-state index >= 15 is 0 Å². The Hall–Kier alpha value is -1.74. The minimum Gasteiger partial charge on any atom is -0.377 e. The van der Waals surface area contributed by atoms with Crippen LogP contribution in [-0.2, 0) is 0 Å². The molecule has 0 atom stereocenters. The molecule has 0 bridgehead atoms. The van der Waals surface area contributed by atoms with Crippen molar-refractivity contribution in [1.29, 1.82) is 0 Å². The van der Waals surface area contributed by atoms with E-state index in [9.17, 15) is 0 Å². The van der Waals surface area contributed by atoms with Crippen molar-refractivity contribution in [3.05, 3.63) is 28.9 Å². The highest BCUT2D eigenvalue weighted by Crippen LogP contribution is 2.24. The molecule has 1 rings (SSSR count). The molecule has 1 heterocycles. The molecule has 0 saturated heterocycles. The van der Waals surface area contributed by atoms with E-state index in [1.807, 2.05) is 19.0 Å². The van der Waals surface area contributed by atoms with Crippen LogP contribution in [0.1, 0.15) is 0 Å². The molecule has 0 amide bonds. The maximum Gasteiger partial charge on any atom is 0.0792 e. The smallest absolute Gasteiger partial charge is 0.0792 e. The van der Waals surface area contributed by atoms with E-state index in [4.69, 9.17) is 5.53 Å². The largest absolute Gasteiger partial charge is 0.377 e. The number of aromatic nitrogens is 1. The van der Waals surface area contributed by atoms with Gasteiger partial charge < -0.3 is 4.90 Å². The minimum atomic E-state index is 0.546. The average molecular weight is 163 g/mol. The van der Waals surface area contributed by atoms with Crippen LogP contribution in [-0.4, -0.2) is 19.1 Å². The summed E-state index contributed by atoms with van der Waals surface area (Å²) in [6, 6.07) is 1.80. The normalized spacial score (nSPS) is 8.83. The van der Waals surface area contributed by atoms with E-state index < -0.39 is 0 Å². The van der Waals surface area contributed by atoms with Crippen LogP contribution in [0.25, 0.3) is 10.4 Å². The van der Waals surface area contributed by atoms with E-state index in [0.29, 0.717) is 5.69 Å². The summed E-state index contributed by atoms with van der Waals surface area (Å²) in [4.78, 5) is 8.43. The van der Waals surface area contributed by atoms with Crippen LogP contribution >= 0.6 is 0 Å². The second-order valence-electron chi connectivity index (χ2n) is 2.45. The summed E-state index contributed by atoms with van der Waals surface area (Å²) in [7, 11) is 3.76. The van der Waals surface area contributed by atoms with Gasteiger partial charge in [0.15, 0.2) is 0 Å². The predicted molar refractivity (Wildman–Crippen MR) is 47.4 cm³/mol. The topological polar surface area (TPSA) is 64.9 Å². The number of hydrogen-bond donors (Lipinski definition) is 0. The molecule has 0 aliphatic rings. The summed E-state index contributed by atoms with van der Waals surface area (Å²) in [5, 5.41) is 3.50. The third-order valence-corrected chi connectivity index (χ3v) is 1.41. The lowest BCUT2D eigenvalue weighted by Gasteiger charge is -2.13. The highest BCUT2D eigenvalue weighted by Gasteiger charge is 2.00. The fourth-order valence-electron chi connectivity index (χ4n) is 0.882. The Morgan fingerprint density at radius 1 is 1.58 bits per heavy atom. The van der Waals surface area contributed by atoms with Gasteiger partial charge in [-0.1, -0.05) is 5.11 Å². The molecule has 0 aromatic carbocycles. The van der Waals surface area contributed by atoms with Gasteiger partial charge in [0.2, 0.25) is 0 Å². The molecular weight excluding hydrogens is 154 g/mol. The third kappa shape index (κ3) is 1.65. The van der Waals surface area contributed by atoms with E-state index in [2.05, 4.69) is 15.0 Å². The van der Waals surface area contributed by atoms with Crippen LogP contribution in [0.15, 0.2) is 23.6 Å². The highest BCUT2D eigenvalue weighted by atomic mass is 15.2. The summed E-state index contributed by atoms with van der Waals surface area (Å²) in [6.45, 7) is 0. The molecule has 0 unspecified atom stereocenters. The van der Waals surface area contributed by atoms with Gasteiger partial charge in [-0.25, -0.2) is 0 Å². The molecule has 5 nitrogen and oxygen atoms in total. The Morgan fingerprint density at radius 3 is 2.92 bits per heavy atom. The zero-order valence-electron chi connectivity index (χ0n) is 6.97. The summed E-state index contributed by atoms with van der Waals surface area (Å²) >= 11 is 0. The molecule has 5 heteroatoms. The van der Waals surface area contributed by atoms with Crippen LogP contribution < -0.4 is 4.90 Å². The molecule has 0 aliphatic heterocycles. The van der Waals surface area contributed by atoms with Crippen LogP contribution in [0.3, 0.4) is 0 Å². The van der Waals surface area contributed by atoms with Crippen LogP contribution in [0.5, 0.6) is 0 Å². The van der Waals surface area contributed by atoms with E-state index in [-0.39, 0.29) is 0 Å². The second kappa shape index (κ2) is 3.59. The first-order chi connectivity index (χ1) is 5.75. The maximum atomic E-state index is 8.24. The summed E-state index contributed by atoms with van der Waals surface area (Å²) in [6.07, 6.45) is 3.20. The number of rotatable bonds is 2. The van der Waals surface area contributed by atoms with Crippen molar-refractivity contribution in [3.8, 4) is 0 Å². The molecule has 1 aromatic rings. The highest BCUT2D eigenvalue weighted by molar-refractivity contribution is 5.64. The quantitative estimate of drug-likeness (QED) is 0.380. The van der Waals surface area contributed by atoms with Crippen molar-refractivity contribution in [2.45, 2.75) is 0 Å². The van der Waals surface area contributed by atoms with Gasteiger partial charge >= 0.3 is 0 Å². The van der Waals surface area contributed by atoms with Crippen molar-refractivity contribution in [2.24, 2.45) is 5.11 Å². The molecular formula is C7H9N5. The molecule has 0 N–H and O–H groups in total. The van der Waals surface area contributed by atoms with Gasteiger partial charge in [-0.05, 0) is 11.6 Å². The van der Waals surface area contributed by atoms with Gasteiger partial charge in [0, 0.05) is 37.1 Å². The van der Waals surface area contributed by atoms with Crippen molar-refractivity contribution in [2.75, 3.05) is 19.0 Å². The van der Waals surface area contributed by atoms with E-state index in [1.165, 1.54) is 6.20 Å². The minimum absolute atomic E-state index is 0.546. The number of hydrogen-bond acceptors (Lipinski definition) is 3. The number of pyridine rings is 1. The van der Waals surface area contributed by atoms with Gasteiger partial charge in [-0.2, -0.15) is 0 Å². The van der Waals surface area contributed by atoms with Crippen molar-refractivity contribution in [3.63, 3.8) is 0 Å². The van der Waals surface area contributed by atoms with Crippen LogP contribution in [0.2, 0.25) is 0 Å². The molecule has 0 fully saturated rings. The summed E-state index contributed by atoms with van der Waals surface area (Å²) in [5.41, 5.74) is 9.65. The Morgan fingerprint density at radius 2 is 2.33 bits per heavy atom. The molecule has 0 radical (unpaired) electrons. The third-order valence-electron chi connectivity index (χ3n) is 1.41. The fourth-order valence-corrected chi connectivity index (χ4v) is 0.882. The molecule has 0 aliphatic carbocycles. The summed E-state index contributed by atoms with van der Waals surface area (Å²) < 4.78 is 0. The lowest BCUT2D eigenvalue weighted by molar-refractivity contribution is 1.11. The van der Waals surface area contributed by atoms with Crippen molar-refractivity contribution < 1.29 is 0 Å². The fraction of sp³-hybridized carbons (Fsp3) is 0.286. The van der Waals surface area contributed by atoms with Gasteiger partial charge in [0.05, 0.1) is 5.69 Å². The Bertz CT molecular complexity index is 313. The standard InChI is InChI=1S/C7H9N5/c1-12(2)7-3-4-9-5-6(7)10-11-8/h3-5H,1-2H3. The van der Waals surface area contributed by atoms with Gasteiger partial charge in [-0.15, -0.1) is 0 Å². The molecule has 62 valence electrons. The first-order valence-electron chi connectivity index (χ1n) is 3.42. The SMILES string of the molecule is CN(C)c1ccncc1N=[N+]=[N-]. The zero-order valence-corrected chi connectivity index (χ0v) is 6.97. The van der Waals surface area contributed by atoms with Crippen molar-refractivity contribution >= 4 is 11.4 Å². The van der Waals surface area contributed by atoms with E-state index in [1.54, 1.807) is 12.3 Å². The van der Waals surface area contributed by atoms with E-state index in [0.717, 1.165) is 5.69 Å². The molecule has 12 heavy (non-hydrogen) atoms. The average Bonchev–Trinajstić information content (AvgIpc) is 2.05. The van der Waals surface area contributed by atoms with Crippen LogP contribution in [0, 0.1) is 0 Å². The molecule has 0 spiro atoms. The Labute approximate surface area is 70.3 Å². The van der Waals surface area contributed by atoms with Gasteiger partial charge in [0.25, 0.3) is 0 Å². The molecule has 0 saturated carbocycles. The first-order valence-corrected chi connectivity index (χ1v) is 3.42. The van der Waals surface area contributed by atoms with Gasteiger partial charge in [-0.3, -0.25) is 4.98 Å². The van der Waals surface area contributed by atoms with Crippen LogP contribution in [0.4, 0.5) is 11.4 Å². The Balaban J connectivity index is 3.17. The maximum absolute atomic E-state index is 8.24. The monoisotopic (exact) mass is 163 g/mol. The first kappa shape index (κ1) is 8.36. The zero-order chi connectivity index (χ0) is 8.97. The molecule has 1 aromatic heterocycles. The number of anilines is 1. The number of azide groups is 1. The predicted octanol–water partition coefficient (Wildman–Crippen LogP) is 2.09. The second-order valence-corrected chi connectivity index (χ2v) is 2.45. The number of nitrogens with zero attached hydrogens (tertiary/aromatic N) is 5.